The highest BCUT2D eigenvalue weighted by Crippen LogP contribution is 2.36. The van der Waals surface area contributed by atoms with E-state index in [2.05, 4.69) is 4.98 Å². The molecule has 37 heavy (non-hydrogen) atoms. The van der Waals surface area contributed by atoms with Gasteiger partial charge in [0.1, 0.15) is 22.5 Å². The molecule has 0 unspecified atom stereocenters. The fourth-order valence-corrected chi connectivity index (χ4v) is 2.97. The molecule has 0 radical (unpaired) electrons. The van der Waals surface area contributed by atoms with Gasteiger partial charge in [0, 0.05) is 5.56 Å². The van der Waals surface area contributed by atoms with Crippen molar-refractivity contribution >= 4 is 24.0 Å². The molecule has 0 spiro atoms. The molecule has 0 aliphatic heterocycles. The minimum absolute atomic E-state index is 0.0956. The quantitative estimate of drug-likeness (QED) is 0.175. The van der Waals surface area contributed by atoms with Crippen molar-refractivity contribution in [3.63, 3.8) is 0 Å². The van der Waals surface area contributed by atoms with Crippen LogP contribution in [0.5, 0.6) is 11.5 Å². The topological polar surface area (TPSA) is 104 Å². The van der Waals surface area contributed by atoms with E-state index < -0.39 is 41.1 Å². The molecule has 0 fully saturated rings. The number of anilines is 1. The average molecular weight is 519 g/mol. The van der Waals surface area contributed by atoms with E-state index in [0.29, 0.717) is 11.3 Å². The molecule has 202 valence electrons. The first-order valence-electron chi connectivity index (χ1n) is 12.0. The second-order valence-electron chi connectivity index (χ2n) is 10.3. The highest BCUT2D eigenvalue weighted by Gasteiger charge is 2.39. The van der Waals surface area contributed by atoms with Gasteiger partial charge in [-0.3, -0.25) is 0 Å². The van der Waals surface area contributed by atoms with Gasteiger partial charge in [-0.1, -0.05) is 31.5 Å². The summed E-state index contributed by atoms with van der Waals surface area (Å²) >= 11 is 0. The Morgan fingerprint density at radius 2 is 1.49 bits per heavy atom. The summed E-state index contributed by atoms with van der Waals surface area (Å²) in [4.78, 5) is 43.9. The number of hydrogen-bond donors (Lipinski definition) is 0. The molecule has 1 heterocycles. The summed E-state index contributed by atoms with van der Waals surface area (Å²) in [5.41, 5.74) is -2.53. The molecule has 0 N–H and O–H groups in total. The molecule has 0 saturated heterocycles. The Kier molecular flexibility index (Phi) is 9.61. The molecule has 10 heteroatoms. The molecule has 0 aliphatic rings. The standard InChI is InChI=1S/C27H35FN2O7/c1-9-10-16-34-20-19(23(31)35-18-14-12-11-13-15-18)17(2)21(28)29-22(20)30(24(32)36-26(3,4)5)25(33)37-27(6,7)8/h11-15H,9-10,16H2,1-8H3. The number of para-hydroxylation sites is 1. The average Bonchev–Trinajstić information content (AvgIpc) is 2.75. The molecular weight excluding hydrogens is 483 g/mol. The predicted molar refractivity (Wildman–Crippen MR) is 136 cm³/mol. The van der Waals surface area contributed by atoms with Gasteiger partial charge in [0.05, 0.1) is 6.61 Å². The molecule has 0 bridgehead atoms. The zero-order valence-electron chi connectivity index (χ0n) is 22.6. The number of aromatic nitrogens is 1. The maximum Gasteiger partial charge on any atom is 0.425 e. The van der Waals surface area contributed by atoms with Crippen LogP contribution in [0.2, 0.25) is 0 Å². The van der Waals surface area contributed by atoms with E-state index in [-0.39, 0.29) is 29.2 Å². The Morgan fingerprint density at radius 1 is 0.946 bits per heavy atom. The summed E-state index contributed by atoms with van der Waals surface area (Å²) in [6.45, 7) is 12.9. The third kappa shape index (κ3) is 8.44. The molecule has 1 aromatic heterocycles. The summed E-state index contributed by atoms with van der Waals surface area (Å²) in [5.74, 6) is -2.73. The lowest BCUT2D eigenvalue weighted by atomic mass is 10.1. The van der Waals surface area contributed by atoms with E-state index in [1.54, 1.807) is 71.9 Å². The smallest absolute Gasteiger partial charge is 0.425 e. The first-order chi connectivity index (χ1) is 17.1. The van der Waals surface area contributed by atoms with Crippen molar-refractivity contribution in [2.45, 2.75) is 79.4 Å². The fraction of sp³-hybridized carbons (Fsp3) is 0.481. The minimum Gasteiger partial charge on any atom is -0.489 e. The van der Waals surface area contributed by atoms with Gasteiger partial charge < -0.3 is 18.9 Å². The molecule has 2 rings (SSSR count). The number of carbonyl (C=O) groups is 3. The summed E-state index contributed by atoms with van der Waals surface area (Å²) in [6, 6.07) is 8.18. The first kappa shape index (κ1) is 29.5. The normalized spacial score (nSPS) is 11.5. The Labute approximate surface area is 216 Å². The van der Waals surface area contributed by atoms with Crippen LogP contribution in [0, 0.1) is 12.9 Å². The number of pyridine rings is 1. The highest BCUT2D eigenvalue weighted by atomic mass is 19.1. The van der Waals surface area contributed by atoms with Crippen molar-refractivity contribution in [1.29, 1.82) is 0 Å². The van der Waals surface area contributed by atoms with Crippen molar-refractivity contribution in [1.82, 2.24) is 4.98 Å². The minimum atomic E-state index is -1.18. The lowest BCUT2D eigenvalue weighted by Crippen LogP contribution is -2.44. The monoisotopic (exact) mass is 518 g/mol. The van der Waals surface area contributed by atoms with Crippen LogP contribution in [0.1, 0.15) is 77.2 Å². The number of benzene rings is 1. The number of nitrogens with zero attached hydrogens (tertiary/aromatic N) is 2. The predicted octanol–water partition coefficient (Wildman–Crippen LogP) is 6.60. The van der Waals surface area contributed by atoms with E-state index in [1.165, 1.54) is 6.92 Å². The maximum atomic E-state index is 15.2. The summed E-state index contributed by atoms with van der Waals surface area (Å²) in [7, 11) is 0. The van der Waals surface area contributed by atoms with Gasteiger partial charge in [-0.25, -0.2) is 14.4 Å². The van der Waals surface area contributed by atoms with Gasteiger partial charge in [-0.05, 0) is 67.0 Å². The number of ether oxygens (including phenoxy) is 4. The van der Waals surface area contributed by atoms with Crippen LogP contribution in [0.4, 0.5) is 19.8 Å². The number of esters is 1. The Bertz CT molecular complexity index is 1090. The number of imide groups is 1. The Morgan fingerprint density at radius 3 is 1.97 bits per heavy atom. The summed E-state index contributed by atoms with van der Waals surface area (Å²) in [5, 5.41) is 0. The van der Waals surface area contributed by atoms with Crippen LogP contribution < -0.4 is 14.4 Å². The molecule has 9 nitrogen and oxygen atoms in total. The second kappa shape index (κ2) is 12.0. The van der Waals surface area contributed by atoms with Gasteiger partial charge in [0.25, 0.3) is 0 Å². The van der Waals surface area contributed by atoms with Crippen molar-refractivity contribution in [2.75, 3.05) is 11.5 Å². The van der Waals surface area contributed by atoms with E-state index in [9.17, 15) is 14.4 Å². The van der Waals surface area contributed by atoms with Gasteiger partial charge in [-0.15, -0.1) is 0 Å². The van der Waals surface area contributed by atoms with Crippen LogP contribution in [0.3, 0.4) is 0 Å². The number of hydrogen-bond acceptors (Lipinski definition) is 8. The van der Waals surface area contributed by atoms with E-state index in [4.69, 9.17) is 18.9 Å². The number of rotatable bonds is 7. The Balaban J connectivity index is 2.75. The summed E-state index contributed by atoms with van der Waals surface area (Å²) in [6.07, 6.45) is -1.04. The third-order valence-corrected chi connectivity index (χ3v) is 4.58. The largest absolute Gasteiger partial charge is 0.489 e. The van der Waals surface area contributed by atoms with Crippen LogP contribution in [-0.4, -0.2) is 40.9 Å². The molecule has 2 aromatic rings. The first-order valence-corrected chi connectivity index (χ1v) is 12.0. The van der Waals surface area contributed by atoms with Crippen LogP contribution in [0.15, 0.2) is 30.3 Å². The summed E-state index contributed by atoms with van der Waals surface area (Å²) < 4.78 is 37.2. The maximum absolute atomic E-state index is 15.2. The highest BCUT2D eigenvalue weighted by molar-refractivity contribution is 6.11. The van der Waals surface area contributed by atoms with E-state index in [1.807, 2.05) is 6.92 Å². The van der Waals surface area contributed by atoms with Gasteiger partial charge in [-0.2, -0.15) is 14.3 Å². The van der Waals surface area contributed by atoms with Crippen molar-refractivity contribution in [3.05, 3.63) is 47.4 Å². The number of halogens is 1. The van der Waals surface area contributed by atoms with Crippen molar-refractivity contribution in [2.24, 2.45) is 0 Å². The molecular formula is C27H35FN2O7. The zero-order chi connectivity index (χ0) is 28.0. The second-order valence-corrected chi connectivity index (χ2v) is 10.3. The van der Waals surface area contributed by atoms with E-state index in [0.717, 1.165) is 6.42 Å². The molecule has 0 aliphatic carbocycles. The number of amides is 2. The fourth-order valence-electron chi connectivity index (χ4n) is 2.97. The van der Waals surface area contributed by atoms with Gasteiger partial charge in [0.15, 0.2) is 11.6 Å². The molecule has 0 saturated carbocycles. The van der Waals surface area contributed by atoms with Crippen molar-refractivity contribution in [3.8, 4) is 11.5 Å². The molecule has 1 aromatic carbocycles. The van der Waals surface area contributed by atoms with Crippen LogP contribution in [0.25, 0.3) is 0 Å². The van der Waals surface area contributed by atoms with Crippen molar-refractivity contribution < 1.29 is 37.7 Å². The third-order valence-electron chi connectivity index (χ3n) is 4.58. The molecule has 0 atom stereocenters. The van der Waals surface area contributed by atoms with Gasteiger partial charge >= 0.3 is 18.2 Å². The lowest BCUT2D eigenvalue weighted by Gasteiger charge is -2.29. The number of carbonyl (C=O) groups excluding carboxylic acids is 3. The van der Waals surface area contributed by atoms with Crippen LogP contribution >= 0.6 is 0 Å². The lowest BCUT2D eigenvalue weighted by molar-refractivity contribution is 0.0425. The van der Waals surface area contributed by atoms with Crippen LogP contribution in [-0.2, 0) is 9.47 Å². The molecule has 2 amide bonds. The number of unbranched alkanes of at least 4 members (excludes halogenated alkanes) is 1. The zero-order valence-corrected chi connectivity index (χ0v) is 22.6. The van der Waals surface area contributed by atoms with Gasteiger partial charge in [0.2, 0.25) is 5.95 Å². The van der Waals surface area contributed by atoms with E-state index >= 15 is 4.39 Å². The Hall–Kier alpha value is -3.69. The SMILES string of the molecule is CCCCOc1c(N(C(=O)OC(C)(C)C)C(=O)OC(C)(C)C)nc(F)c(C)c1C(=O)Oc1ccccc1.